The Labute approximate surface area is 344 Å². The largest absolute Gasteiger partial charge is 0.383 e. The third-order valence-corrected chi connectivity index (χ3v) is 6.64. The zero-order chi connectivity index (χ0) is 40.3. The summed E-state index contributed by atoms with van der Waals surface area (Å²) >= 11 is 0. The summed E-state index contributed by atoms with van der Waals surface area (Å²) in [5.41, 5.74) is 14.1. The van der Waals surface area contributed by atoms with E-state index in [1.165, 1.54) is 5.56 Å². The Morgan fingerprint density at radius 3 is 1.80 bits per heavy atom. The molecule has 1 saturated heterocycles. The minimum atomic E-state index is 0. The Morgan fingerprint density at radius 2 is 1.34 bits per heavy atom. The van der Waals surface area contributed by atoms with Gasteiger partial charge in [-0.3, -0.25) is 0 Å². The fraction of sp³-hybridized carbons (Fsp3) is 0.182. The molecule has 1 aromatic carbocycles. The SMILES string of the molecule is C#CC#CC#CC#CC#CC#CC#CC#CC#CC#CC#C.CN1CCC(OCc2ccc(NCc3ccc4c(N)nccc4c3)nc2)CC1.N=N/N=N/N=O.[HH].[HH].[HH].[HH].[HH].[HH].[HH].[HH].[HH].[HH].[HH].[HH]. The Morgan fingerprint density at radius 1 is 0.804 bits per heavy atom. The number of nitrogens with zero attached hydrogens (tertiary/aromatic N) is 7. The number of piperidine rings is 1. The van der Waals surface area contributed by atoms with Crippen LogP contribution in [0.2, 0.25) is 0 Å². The predicted molar refractivity (Wildman–Crippen MR) is 242 cm³/mol. The second-order valence-electron chi connectivity index (χ2n) is 10.4. The molecule has 4 rings (SSSR count). The van der Waals surface area contributed by atoms with Gasteiger partial charge in [-0.2, -0.15) is 5.53 Å². The van der Waals surface area contributed by atoms with Gasteiger partial charge in [0.2, 0.25) is 0 Å². The number of anilines is 2. The number of hydrogen-bond donors (Lipinski definition) is 3. The number of aromatic nitrogens is 2. The summed E-state index contributed by atoms with van der Waals surface area (Å²) in [5, 5.41) is 14.7. The zero-order valence-corrected chi connectivity index (χ0v) is 30.1. The molecule has 0 amide bonds. The first-order chi connectivity index (χ1) is 27.5. The summed E-state index contributed by atoms with van der Waals surface area (Å²) in [6, 6.07) is 12.3. The van der Waals surface area contributed by atoms with Gasteiger partial charge < -0.3 is 20.7 Å². The van der Waals surface area contributed by atoms with E-state index in [9.17, 15) is 0 Å². The molecule has 0 aliphatic carbocycles. The van der Waals surface area contributed by atoms with E-state index >= 15 is 0 Å². The van der Waals surface area contributed by atoms with Gasteiger partial charge in [-0.15, -0.1) is 17.8 Å². The van der Waals surface area contributed by atoms with Crippen LogP contribution in [0.4, 0.5) is 11.6 Å². The fourth-order valence-corrected chi connectivity index (χ4v) is 4.14. The van der Waals surface area contributed by atoms with E-state index < -0.39 is 0 Å². The first kappa shape index (κ1) is 43.4. The van der Waals surface area contributed by atoms with Crippen molar-refractivity contribution in [3.05, 3.63) is 64.8 Å². The van der Waals surface area contributed by atoms with Gasteiger partial charge in [0.1, 0.15) is 16.9 Å². The zero-order valence-electron chi connectivity index (χ0n) is 30.1. The molecule has 12 nitrogen and oxygen atoms in total. The first-order valence-electron chi connectivity index (χ1n) is 16.1. The maximum Gasteiger partial charge on any atom is 0.131 e. The lowest BCUT2D eigenvalue weighted by Crippen LogP contribution is -2.34. The number of benzene rings is 1. The maximum absolute atomic E-state index is 8.91. The summed E-state index contributed by atoms with van der Waals surface area (Å²) in [4.78, 5) is 19.9. The van der Waals surface area contributed by atoms with Crippen LogP contribution in [0.5, 0.6) is 0 Å². The standard InChI is InChI=1S/C22H27N5O.C22H2.HN5O.12H2/c1-27-10-7-19(8-11-27)28-15-17-3-5-21(26-14-17)25-13-16-2-4-20-18(12-16)6-9-24-22(20)23;1-3-5-7-9-11-13-15-17-19-21-22-20-18-16-14-12-10-8-6-4-2;1-2-3-4-5-6;;;;;;;;;;;;/h2-6,9,12,14,19H,7-8,10-11,13,15H2,1H3,(H2,23,24)(H,25,26);1-2H;1H;12*1H/b;;2-1?,4-3+;;;;;;;;;;;;. The highest BCUT2D eigenvalue weighted by atomic mass is 16.5. The fourth-order valence-electron chi connectivity index (χ4n) is 4.14. The average molecular weight is 755 g/mol. The number of nitrogen functional groups attached to an aromatic ring is 1. The van der Waals surface area contributed by atoms with E-state index in [0.717, 1.165) is 48.1 Å². The topological polar surface area (TPSA) is 167 Å². The van der Waals surface area contributed by atoms with E-state index in [1.807, 2.05) is 29.7 Å². The highest BCUT2D eigenvalue weighted by Gasteiger charge is 2.16. The minimum Gasteiger partial charge on any atom is -0.383 e. The molecule has 1 aliphatic heterocycles. The number of nitrogens with two attached hydrogens (primary N) is 1. The van der Waals surface area contributed by atoms with Crippen molar-refractivity contribution < 1.29 is 21.9 Å². The van der Waals surface area contributed by atoms with Gasteiger partial charge >= 0.3 is 0 Å². The molecular formula is C44H54N10O2. The lowest BCUT2D eigenvalue weighted by atomic mass is 10.1. The quantitative estimate of drug-likeness (QED) is 0.0916. The molecule has 12 heteroatoms. The van der Waals surface area contributed by atoms with Gasteiger partial charge in [0.05, 0.1) is 12.7 Å². The van der Waals surface area contributed by atoms with Gasteiger partial charge in [0.15, 0.2) is 0 Å². The van der Waals surface area contributed by atoms with Crippen LogP contribution in [-0.2, 0) is 17.9 Å². The van der Waals surface area contributed by atoms with E-state index in [2.05, 4.69) is 180 Å². The second-order valence-corrected chi connectivity index (χ2v) is 10.4. The number of nitroso groups, excluding NO2 is 1. The number of fused-ring (bicyclic) bond motifs is 1. The molecule has 0 unspecified atom stereocenters. The summed E-state index contributed by atoms with van der Waals surface area (Å²) in [5.74, 6) is 49.6. The van der Waals surface area contributed by atoms with Crippen LogP contribution in [-0.4, -0.2) is 41.1 Å². The number of terminal acetylenes is 2. The Bertz CT molecular complexity index is 2490. The van der Waals surface area contributed by atoms with Crippen molar-refractivity contribution in [3.63, 3.8) is 0 Å². The molecule has 0 saturated carbocycles. The lowest BCUT2D eigenvalue weighted by molar-refractivity contribution is 0.00204. The van der Waals surface area contributed by atoms with Gasteiger partial charge in [-0.25, -0.2) is 9.97 Å². The molecular weight excluding hydrogens is 701 g/mol. The smallest absolute Gasteiger partial charge is 0.131 e. The Hall–Kier alpha value is -8.74. The minimum absolute atomic E-state index is 0. The Kier molecular flexibility index (Phi) is 22.4. The number of pyridine rings is 2. The normalized spacial score (nSPS) is 10.3. The number of rotatable bonds is 8. The van der Waals surface area contributed by atoms with Crippen molar-refractivity contribution in [2.45, 2.75) is 32.1 Å². The first-order valence-corrected chi connectivity index (χ1v) is 16.1. The van der Waals surface area contributed by atoms with E-state index in [4.69, 9.17) is 33.8 Å². The monoisotopic (exact) mass is 754 g/mol. The number of ether oxygens (including phenoxy) is 1. The number of likely N-dealkylation sites (tertiary alicyclic amines) is 1. The molecule has 0 radical (unpaired) electrons. The molecule has 0 spiro atoms. The Balaban J connectivity index is -0.0000000831. The van der Waals surface area contributed by atoms with Gasteiger partial charge in [-0.1, -0.05) is 18.2 Å². The maximum atomic E-state index is 8.91. The molecule has 3 aromatic rings. The summed E-state index contributed by atoms with van der Waals surface area (Å²) in [6.07, 6.45) is 16.0. The predicted octanol–water partition coefficient (Wildman–Crippen LogP) is 7.74. The van der Waals surface area contributed by atoms with Crippen molar-refractivity contribution in [2.75, 3.05) is 31.2 Å². The molecule has 0 bridgehead atoms. The lowest BCUT2D eigenvalue weighted by Gasteiger charge is -2.28. The van der Waals surface area contributed by atoms with Crippen molar-refractivity contribution in [2.24, 2.45) is 21.0 Å². The molecule has 292 valence electrons. The second kappa shape index (κ2) is 28.9. The molecule has 4 N–H and O–H groups in total. The highest BCUT2D eigenvalue weighted by Crippen LogP contribution is 2.21. The van der Waals surface area contributed by atoms with Crippen LogP contribution < -0.4 is 11.1 Å². The average Bonchev–Trinajstić information content (AvgIpc) is 3.22. The summed E-state index contributed by atoms with van der Waals surface area (Å²) < 4.78 is 6.03. The summed E-state index contributed by atoms with van der Waals surface area (Å²) in [7, 11) is 2.16. The molecule has 0 atom stereocenters. The van der Waals surface area contributed by atoms with Crippen LogP contribution in [0, 0.1) is 142 Å². The van der Waals surface area contributed by atoms with Crippen LogP contribution in [0.1, 0.15) is 41.1 Å². The van der Waals surface area contributed by atoms with Gasteiger partial charge in [-0.05, 0) is 160 Å². The molecule has 1 fully saturated rings. The number of nitrogens with one attached hydrogen (secondary N) is 2. The van der Waals surface area contributed by atoms with Crippen molar-refractivity contribution in [1.29, 1.82) is 5.53 Å². The van der Waals surface area contributed by atoms with Crippen LogP contribution in [0.15, 0.2) is 69.7 Å². The molecule has 56 heavy (non-hydrogen) atoms. The van der Waals surface area contributed by atoms with Crippen molar-refractivity contribution in [1.82, 2.24) is 14.9 Å². The summed E-state index contributed by atoms with van der Waals surface area (Å²) in [6.45, 7) is 3.56. The highest BCUT2D eigenvalue weighted by molar-refractivity contribution is 5.91. The van der Waals surface area contributed by atoms with E-state index in [1.54, 1.807) is 6.20 Å². The van der Waals surface area contributed by atoms with Crippen molar-refractivity contribution in [3.8, 4) is 131 Å². The van der Waals surface area contributed by atoms with Gasteiger partial charge in [0.25, 0.3) is 0 Å². The molecule has 1 aliphatic rings. The molecule has 3 heterocycles. The van der Waals surface area contributed by atoms with Gasteiger partial charge in [0, 0.05) is 83.4 Å². The third kappa shape index (κ3) is 20.2. The number of hydrogen-bond acceptors (Lipinski definition) is 8. The van der Waals surface area contributed by atoms with Crippen molar-refractivity contribution >= 4 is 22.4 Å². The van der Waals surface area contributed by atoms with Crippen LogP contribution >= 0.6 is 0 Å². The molecule has 2 aromatic heterocycles. The van der Waals surface area contributed by atoms with Crippen LogP contribution in [0.3, 0.4) is 0 Å². The van der Waals surface area contributed by atoms with E-state index in [0.29, 0.717) is 25.1 Å². The van der Waals surface area contributed by atoms with Crippen LogP contribution in [0.25, 0.3) is 10.8 Å². The van der Waals surface area contributed by atoms with E-state index in [-0.39, 0.29) is 17.1 Å². The third-order valence-electron chi connectivity index (χ3n) is 6.64.